The number of benzene rings is 1. The van der Waals surface area contributed by atoms with Gasteiger partial charge in [-0.1, -0.05) is 11.6 Å². The van der Waals surface area contributed by atoms with Gasteiger partial charge in [0.25, 0.3) is 5.91 Å². The smallest absolute Gasteiger partial charge is 0.434 e. The van der Waals surface area contributed by atoms with Crippen molar-refractivity contribution in [2.24, 2.45) is 7.05 Å². The number of aromatic nitrogens is 2. The Labute approximate surface area is 170 Å². The van der Waals surface area contributed by atoms with Crippen molar-refractivity contribution in [1.29, 1.82) is 0 Å². The first-order chi connectivity index (χ1) is 13.5. The number of anilines is 2. The SMILES string of the molecule is C[C@H]1Oc2cc(F)c(-c3nn(C)c(C(F)(F)F)c3Cl)c(NC(=O)CCl)c2NC1=O. The Balaban J connectivity index is 2.31. The molecule has 1 aromatic carbocycles. The molecule has 2 amide bonds. The van der Waals surface area contributed by atoms with Gasteiger partial charge in [-0.05, 0) is 6.92 Å². The highest BCUT2D eigenvalue weighted by Gasteiger charge is 2.40. The molecule has 0 bridgehead atoms. The Kier molecular flexibility index (Phi) is 5.39. The molecule has 0 spiro atoms. The molecule has 0 radical (unpaired) electrons. The molecule has 1 aliphatic rings. The van der Waals surface area contributed by atoms with Gasteiger partial charge in [0.1, 0.15) is 28.8 Å². The van der Waals surface area contributed by atoms with E-state index < -0.39 is 57.8 Å². The number of carbonyl (C=O) groups is 2. The van der Waals surface area contributed by atoms with Crippen LogP contribution in [-0.2, 0) is 22.8 Å². The van der Waals surface area contributed by atoms with Crippen molar-refractivity contribution in [3.8, 4) is 17.0 Å². The molecule has 1 atom stereocenters. The lowest BCUT2D eigenvalue weighted by Crippen LogP contribution is -2.35. The largest absolute Gasteiger partial charge is 0.479 e. The molecular formula is C16H12Cl2F4N4O3. The van der Waals surface area contributed by atoms with Gasteiger partial charge in [-0.25, -0.2) is 4.39 Å². The fourth-order valence-corrected chi connectivity index (χ4v) is 3.24. The molecule has 2 aromatic rings. The Hall–Kier alpha value is -2.53. The first-order valence-electron chi connectivity index (χ1n) is 7.95. The van der Waals surface area contributed by atoms with Crippen molar-refractivity contribution in [1.82, 2.24) is 9.78 Å². The second-order valence-electron chi connectivity index (χ2n) is 6.05. The number of rotatable bonds is 3. The summed E-state index contributed by atoms with van der Waals surface area (Å²) in [6.07, 6.45) is -5.83. The van der Waals surface area contributed by atoms with Gasteiger partial charge in [0.05, 0.1) is 16.3 Å². The Bertz CT molecular complexity index is 1020. The molecule has 0 saturated heterocycles. The lowest BCUT2D eigenvalue weighted by atomic mass is 10.0. The summed E-state index contributed by atoms with van der Waals surface area (Å²) >= 11 is 11.3. The van der Waals surface area contributed by atoms with Gasteiger partial charge >= 0.3 is 6.18 Å². The second-order valence-corrected chi connectivity index (χ2v) is 6.69. The van der Waals surface area contributed by atoms with E-state index in [1.54, 1.807) is 0 Å². The Morgan fingerprint density at radius 1 is 1.45 bits per heavy atom. The van der Waals surface area contributed by atoms with Crippen LogP contribution in [0.15, 0.2) is 6.07 Å². The number of alkyl halides is 4. The molecule has 2 heterocycles. The number of hydrogen-bond acceptors (Lipinski definition) is 4. The van der Waals surface area contributed by atoms with Crippen LogP contribution in [0.2, 0.25) is 5.02 Å². The van der Waals surface area contributed by atoms with E-state index in [0.29, 0.717) is 4.68 Å². The summed E-state index contributed by atoms with van der Waals surface area (Å²) in [4.78, 5) is 23.9. The molecule has 7 nitrogen and oxygen atoms in total. The number of nitrogens with one attached hydrogen (secondary N) is 2. The maximum atomic E-state index is 15.0. The minimum Gasteiger partial charge on any atom is -0.479 e. The summed E-state index contributed by atoms with van der Waals surface area (Å²) in [5.74, 6) is -3.17. The third-order valence-electron chi connectivity index (χ3n) is 4.04. The molecule has 0 aliphatic carbocycles. The third-order valence-corrected chi connectivity index (χ3v) is 4.65. The molecule has 0 saturated carbocycles. The minimum absolute atomic E-state index is 0.133. The third kappa shape index (κ3) is 3.71. The van der Waals surface area contributed by atoms with Crippen LogP contribution >= 0.6 is 23.2 Å². The first-order valence-corrected chi connectivity index (χ1v) is 8.86. The summed E-state index contributed by atoms with van der Waals surface area (Å²) in [6, 6.07) is 0.856. The van der Waals surface area contributed by atoms with Crippen LogP contribution in [0.25, 0.3) is 11.3 Å². The summed E-state index contributed by atoms with van der Waals surface area (Å²) in [5.41, 5.74) is -2.98. The fraction of sp³-hybridized carbons (Fsp3) is 0.312. The van der Waals surface area contributed by atoms with Gasteiger partial charge in [0.15, 0.2) is 11.8 Å². The van der Waals surface area contributed by atoms with Crippen LogP contribution in [0.1, 0.15) is 12.6 Å². The molecule has 13 heteroatoms. The van der Waals surface area contributed by atoms with E-state index in [1.165, 1.54) is 6.92 Å². The highest BCUT2D eigenvalue weighted by molar-refractivity contribution is 6.34. The van der Waals surface area contributed by atoms with Gasteiger partial charge in [-0.2, -0.15) is 18.3 Å². The van der Waals surface area contributed by atoms with Gasteiger partial charge in [0, 0.05) is 13.1 Å². The summed E-state index contributed by atoms with van der Waals surface area (Å²) in [5, 5.41) is 7.48. The molecule has 0 unspecified atom stereocenters. The quantitative estimate of drug-likeness (QED) is 0.545. The molecule has 0 fully saturated rings. The van der Waals surface area contributed by atoms with Crippen molar-refractivity contribution in [3.05, 3.63) is 22.6 Å². The maximum absolute atomic E-state index is 15.0. The summed E-state index contributed by atoms with van der Waals surface area (Å²) in [7, 11) is 0.984. The van der Waals surface area contributed by atoms with Crippen molar-refractivity contribution < 1.29 is 31.9 Å². The van der Waals surface area contributed by atoms with Crippen LogP contribution in [0.5, 0.6) is 5.75 Å². The molecule has 156 valence electrons. The molecule has 1 aliphatic heterocycles. The van der Waals surface area contributed by atoms with Gasteiger partial charge in [-0.15, -0.1) is 11.6 Å². The van der Waals surface area contributed by atoms with Crippen LogP contribution in [-0.4, -0.2) is 33.6 Å². The molecule has 3 rings (SSSR count). The Morgan fingerprint density at radius 3 is 2.66 bits per heavy atom. The number of ether oxygens (including phenoxy) is 1. The number of halogens is 6. The number of nitrogens with zero attached hydrogens (tertiary/aromatic N) is 2. The highest BCUT2D eigenvalue weighted by atomic mass is 35.5. The monoisotopic (exact) mass is 454 g/mol. The van der Waals surface area contributed by atoms with Gasteiger partial charge in [-0.3, -0.25) is 14.3 Å². The van der Waals surface area contributed by atoms with E-state index >= 15 is 0 Å². The average Bonchev–Trinajstić information content (AvgIpc) is 2.90. The van der Waals surface area contributed by atoms with Crippen LogP contribution in [0, 0.1) is 5.82 Å². The standard InChI is InChI=1S/C16H12Cl2F4N4O3/c1-5-15(28)24-11-7(29-5)3-6(19)9(13(11)23-8(27)4-17)12-10(18)14(16(20,21)22)26(2)25-12/h3,5H,4H2,1-2H3,(H,23,27)(H,24,28)/t5-/m1/s1. The number of hydrogen-bond donors (Lipinski definition) is 2. The summed E-state index contributed by atoms with van der Waals surface area (Å²) in [6.45, 7) is 1.41. The van der Waals surface area contributed by atoms with E-state index in [-0.39, 0.29) is 17.1 Å². The minimum atomic E-state index is -4.87. The first kappa shape index (κ1) is 21.2. The van der Waals surface area contributed by atoms with Crippen molar-refractivity contribution in [2.45, 2.75) is 19.2 Å². The average molecular weight is 455 g/mol. The predicted octanol–water partition coefficient (Wildman–Crippen LogP) is 3.80. The molecule has 1 aromatic heterocycles. The molecule has 29 heavy (non-hydrogen) atoms. The zero-order chi connectivity index (χ0) is 21.7. The number of fused-ring (bicyclic) bond motifs is 1. The summed E-state index contributed by atoms with van der Waals surface area (Å²) < 4.78 is 60.5. The molecule has 2 N–H and O–H groups in total. The number of aryl methyl sites for hydroxylation is 1. The second kappa shape index (κ2) is 7.38. The van der Waals surface area contributed by atoms with E-state index in [1.807, 2.05) is 0 Å². The predicted molar refractivity (Wildman–Crippen MR) is 96.7 cm³/mol. The topological polar surface area (TPSA) is 85.2 Å². The van der Waals surface area contributed by atoms with E-state index in [2.05, 4.69) is 15.7 Å². The van der Waals surface area contributed by atoms with E-state index in [9.17, 15) is 27.2 Å². The highest BCUT2D eigenvalue weighted by Crippen LogP contribution is 2.48. The van der Waals surface area contributed by atoms with Crippen molar-refractivity contribution in [2.75, 3.05) is 16.5 Å². The lowest BCUT2D eigenvalue weighted by Gasteiger charge is -2.27. The zero-order valence-electron chi connectivity index (χ0n) is 14.7. The normalized spacial score (nSPS) is 16.1. The Morgan fingerprint density at radius 2 is 2.10 bits per heavy atom. The van der Waals surface area contributed by atoms with E-state index in [0.717, 1.165) is 13.1 Å². The van der Waals surface area contributed by atoms with E-state index in [4.69, 9.17) is 27.9 Å². The number of amides is 2. The van der Waals surface area contributed by atoms with Crippen molar-refractivity contribution >= 4 is 46.4 Å². The van der Waals surface area contributed by atoms with Gasteiger partial charge in [0.2, 0.25) is 5.91 Å². The van der Waals surface area contributed by atoms with Crippen LogP contribution in [0.3, 0.4) is 0 Å². The number of carbonyl (C=O) groups excluding carboxylic acids is 2. The van der Waals surface area contributed by atoms with Crippen LogP contribution in [0.4, 0.5) is 28.9 Å². The van der Waals surface area contributed by atoms with Crippen LogP contribution < -0.4 is 15.4 Å². The lowest BCUT2D eigenvalue weighted by molar-refractivity contribution is -0.143. The van der Waals surface area contributed by atoms with Crippen molar-refractivity contribution in [3.63, 3.8) is 0 Å². The maximum Gasteiger partial charge on any atom is 0.434 e. The van der Waals surface area contributed by atoms with Gasteiger partial charge < -0.3 is 15.4 Å². The fourth-order valence-electron chi connectivity index (χ4n) is 2.81. The molecular weight excluding hydrogens is 443 g/mol. The zero-order valence-corrected chi connectivity index (χ0v) is 16.3.